The van der Waals surface area contributed by atoms with Crippen molar-refractivity contribution in [3.8, 4) is 17.0 Å². The molecule has 5 heteroatoms. The van der Waals surface area contributed by atoms with Crippen molar-refractivity contribution < 1.29 is 18.3 Å². The van der Waals surface area contributed by atoms with E-state index in [0.717, 1.165) is 23.3 Å². The van der Waals surface area contributed by atoms with Crippen LogP contribution in [0.5, 0.6) is 5.88 Å². The fourth-order valence-corrected chi connectivity index (χ4v) is 2.91. The molecule has 0 atom stereocenters. The first-order valence-electron chi connectivity index (χ1n) is 7.89. The van der Waals surface area contributed by atoms with Gasteiger partial charge in [0.1, 0.15) is 0 Å². The van der Waals surface area contributed by atoms with E-state index in [4.69, 9.17) is 0 Å². The van der Waals surface area contributed by atoms with E-state index in [1.54, 1.807) is 0 Å². The third kappa shape index (κ3) is 3.18. The van der Waals surface area contributed by atoms with Crippen LogP contribution in [0, 0.1) is 0 Å². The average Bonchev–Trinajstić information content (AvgIpc) is 2.53. The number of nitrogens with zero attached hydrogens (tertiary/aromatic N) is 1. The summed E-state index contributed by atoms with van der Waals surface area (Å²) >= 11 is 0. The molecule has 0 spiro atoms. The van der Waals surface area contributed by atoms with Crippen molar-refractivity contribution in [3.05, 3.63) is 59.8 Å². The minimum atomic E-state index is -4.48. The Balaban J connectivity index is 2.43. The van der Waals surface area contributed by atoms with Crippen LogP contribution in [-0.4, -0.2) is 10.1 Å². The summed E-state index contributed by atoms with van der Waals surface area (Å²) in [5.41, 5.74) is 1.04. The number of rotatable bonds is 1. The van der Waals surface area contributed by atoms with E-state index in [2.05, 4.69) is 4.98 Å². The standard InChI is InChI=1S/C20H18F3NO/c1-19(2,3)17-16(12-7-5-4-6-8-12)14-10-9-13(20(21,22)23)11-15(14)18(25)24-17/h4-11H,1-3H3,(H,24,25). The molecule has 0 unspecified atom stereocenters. The van der Waals surface area contributed by atoms with Crippen molar-refractivity contribution >= 4 is 10.8 Å². The van der Waals surface area contributed by atoms with Gasteiger partial charge < -0.3 is 5.11 Å². The van der Waals surface area contributed by atoms with Crippen LogP contribution in [0.3, 0.4) is 0 Å². The van der Waals surface area contributed by atoms with Crippen LogP contribution in [0.4, 0.5) is 13.2 Å². The van der Waals surface area contributed by atoms with Crippen LogP contribution in [0.25, 0.3) is 21.9 Å². The smallest absolute Gasteiger partial charge is 0.416 e. The molecule has 0 radical (unpaired) electrons. The Hall–Kier alpha value is -2.56. The molecule has 0 aliphatic carbocycles. The maximum atomic E-state index is 13.0. The minimum Gasteiger partial charge on any atom is -0.493 e. The molecule has 0 aliphatic heterocycles. The van der Waals surface area contributed by atoms with Crippen LogP contribution in [0.2, 0.25) is 0 Å². The molecule has 0 fully saturated rings. The second-order valence-electron chi connectivity index (χ2n) is 7.03. The van der Waals surface area contributed by atoms with Crippen molar-refractivity contribution in [2.45, 2.75) is 32.4 Å². The van der Waals surface area contributed by atoms with E-state index in [1.165, 1.54) is 6.07 Å². The van der Waals surface area contributed by atoms with Gasteiger partial charge in [-0.15, -0.1) is 0 Å². The summed E-state index contributed by atoms with van der Waals surface area (Å²) in [6.07, 6.45) is -4.48. The molecule has 1 aromatic heterocycles. The zero-order valence-electron chi connectivity index (χ0n) is 14.1. The van der Waals surface area contributed by atoms with E-state index >= 15 is 0 Å². The Morgan fingerprint density at radius 2 is 1.52 bits per heavy atom. The van der Waals surface area contributed by atoms with Gasteiger partial charge in [0.2, 0.25) is 5.88 Å². The van der Waals surface area contributed by atoms with Crippen LogP contribution in [0.1, 0.15) is 32.0 Å². The fraction of sp³-hybridized carbons (Fsp3) is 0.250. The molecule has 2 nitrogen and oxygen atoms in total. The first kappa shape index (κ1) is 17.3. The first-order chi connectivity index (χ1) is 11.6. The summed E-state index contributed by atoms with van der Waals surface area (Å²) in [5.74, 6) is -0.384. The van der Waals surface area contributed by atoms with E-state index in [-0.39, 0.29) is 16.7 Å². The Morgan fingerprint density at radius 1 is 0.880 bits per heavy atom. The highest BCUT2D eigenvalue weighted by atomic mass is 19.4. The monoisotopic (exact) mass is 345 g/mol. The second kappa shape index (κ2) is 5.76. The van der Waals surface area contributed by atoms with Crippen molar-refractivity contribution in [2.24, 2.45) is 0 Å². The molecule has 0 aliphatic rings. The maximum absolute atomic E-state index is 13.0. The summed E-state index contributed by atoms with van der Waals surface area (Å²) in [6.45, 7) is 5.87. The van der Waals surface area contributed by atoms with Gasteiger partial charge in [-0.3, -0.25) is 0 Å². The predicted molar refractivity (Wildman–Crippen MR) is 92.5 cm³/mol. The van der Waals surface area contributed by atoms with Gasteiger partial charge in [0.15, 0.2) is 0 Å². The zero-order valence-corrected chi connectivity index (χ0v) is 14.1. The van der Waals surface area contributed by atoms with E-state index in [1.807, 2.05) is 51.1 Å². The predicted octanol–water partition coefficient (Wildman–Crippen LogP) is 5.92. The Labute approximate surface area is 144 Å². The van der Waals surface area contributed by atoms with Crippen LogP contribution >= 0.6 is 0 Å². The number of alkyl halides is 3. The fourth-order valence-electron chi connectivity index (χ4n) is 2.91. The molecule has 0 saturated carbocycles. The lowest BCUT2D eigenvalue weighted by Gasteiger charge is -2.24. The molecule has 3 rings (SSSR count). The highest BCUT2D eigenvalue weighted by molar-refractivity contribution is 6.00. The molecule has 2 aromatic carbocycles. The summed E-state index contributed by atoms with van der Waals surface area (Å²) in [4.78, 5) is 4.26. The minimum absolute atomic E-state index is 0.0988. The Bertz CT molecular complexity index is 926. The zero-order chi connectivity index (χ0) is 18.4. The lowest BCUT2D eigenvalue weighted by atomic mass is 9.84. The largest absolute Gasteiger partial charge is 0.493 e. The van der Waals surface area contributed by atoms with Crippen molar-refractivity contribution in [2.75, 3.05) is 0 Å². The maximum Gasteiger partial charge on any atom is 0.416 e. The number of benzene rings is 2. The van der Waals surface area contributed by atoms with Crippen LogP contribution < -0.4 is 0 Å². The van der Waals surface area contributed by atoms with Crippen LogP contribution in [-0.2, 0) is 11.6 Å². The summed E-state index contributed by atoms with van der Waals surface area (Å²) in [6, 6.07) is 12.8. The number of fused-ring (bicyclic) bond motifs is 1. The number of aromatic hydroxyl groups is 1. The first-order valence-corrected chi connectivity index (χ1v) is 7.89. The van der Waals surface area contributed by atoms with E-state index in [0.29, 0.717) is 11.1 Å². The molecule has 130 valence electrons. The molecule has 25 heavy (non-hydrogen) atoms. The average molecular weight is 345 g/mol. The summed E-state index contributed by atoms with van der Waals surface area (Å²) in [7, 11) is 0. The highest BCUT2D eigenvalue weighted by Crippen LogP contribution is 2.42. The van der Waals surface area contributed by atoms with Gasteiger partial charge in [-0.1, -0.05) is 57.2 Å². The number of hydrogen-bond acceptors (Lipinski definition) is 2. The number of pyridine rings is 1. The van der Waals surface area contributed by atoms with Crippen LogP contribution in [0.15, 0.2) is 48.5 Å². The molecule has 1 heterocycles. The summed E-state index contributed by atoms with van der Waals surface area (Å²) in [5, 5.41) is 10.9. The molecule has 0 bridgehead atoms. The second-order valence-corrected chi connectivity index (χ2v) is 7.03. The molecular formula is C20H18F3NO. The quantitative estimate of drug-likeness (QED) is 0.593. The normalized spacial score (nSPS) is 12.6. The van der Waals surface area contributed by atoms with E-state index < -0.39 is 11.7 Å². The van der Waals surface area contributed by atoms with Crippen molar-refractivity contribution in [3.63, 3.8) is 0 Å². The SMILES string of the molecule is CC(C)(C)c1nc(O)c2cc(C(F)(F)F)ccc2c1-c1ccccc1. The van der Waals surface area contributed by atoms with Gasteiger partial charge in [-0.2, -0.15) is 13.2 Å². The molecule has 1 N–H and O–H groups in total. The highest BCUT2D eigenvalue weighted by Gasteiger charge is 2.32. The van der Waals surface area contributed by atoms with Gasteiger partial charge in [0, 0.05) is 16.4 Å². The van der Waals surface area contributed by atoms with Gasteiger partial charge in [0.25, 0.3) is 0 Å². The lowest BCUT2D eigenvalue weighted by molar-refractivity contribution is -0.137. The van der Waals surface area contributed by atoms with E-state index in [9.17, 15) is 18.3 Å². The third-order valence-corrected chi connectivity index (χ3v) is 4.08. The number of halogens is 3. The third-order valence-electron chi connectivity index (χ3n) is 4.08. The lowest BCUT2D eigenvalue weighted by Crippen LogP contribution is -2.16. The number of hydrogen-bond donors (Lipinski definition) is 1. The molecule has 0 amide bonds. The Morgan fingerprint density at radius 3 is 2.08 bits per heavy atom. The number of aromatic nitrogens is 1. The molecule has 0 saturated heterocycles. The van der Waals surface area contributed by atoms with Crippen molar-refractivity contribution in [1.82, 2.24) is 4.98 Å². The van der Waals surface area contributed by atoms with Gasteiger partial charge in [-0.05, 0) is 23.1 Å². The van der Waals surface area contributed by atoms with Gasteiger partial charge >= 0.3 is 6.18 Å². The Kier molecular flexibility index (Phi) is 3.98. The van der Waals surface area contributed by atoms with Gasteiger partial charge in [-0.25, -0.2) is 4.98 Å². The van der Waals surface area contributed by atoms with Crippen molar-refractivity contribution in [1.29, 1.82) is 0 Å². The summed E-state index contributed by atoms with van der Waals surface area (Å²) < 4.78 is 39.1. The topological polar surface area (TPSA) is 33.1 Å². The molecule has 3 aromatic rings. The van der Waals surface area contributed by atoms with Gasteiger partial charge in [0.05, 0.1) is 11.3 Å². The molecular weight excluding hydrogens is 327 g/mol.